The van der Waals surface area contributed by atoms with Crippen LogP contribution >= 0.6 is 0 Å². The van der Waals surface area contributed by atoms with Crippen molar-refractivity contribution in [2.24, 2.45) is 0 Å². The minimum absolute atomic E-state index is 1.69. The van der Waals surface area contributed by atoms with Gasteiger partial charge in [-0.2, -0.15) is 5.26 Å². The van der Waals surface area contributed by atoms with Crippen molar-refractivity contribution in [1.29, 1.82) is 0 Å². The number of carbonyl (C=O) groups is 1. The van der Waals surface area contributed by atoms with E-state index in [1.165, 1.54) is 0 Å². The smallest absolute Gasteiger partial charge is 0.448 e. The summed E-state index contributed by atoms with van der Waals surface area (Å²) in [6.07, 6.45) is -1.69. The van der Waals surface area contributed by atoms with E-state index in [4.69, 9.17) is 15.2 Å². The van der Waals surface area contributed by atoms with Crippen molar-refractivity contribution >= 4 is 6.16 Å². The number of hydrogen-bond donors (Lipinski definition) is 2. The summed E-state index contributed by atoms with van der Waals surface area (Å²) in [5.74, 6) is 0. The second-order valence-electron chi connectivity index (χ2n) is 0.357. The normalized spacial score (nSPS) is 6.60. The van der Waals surface area contributed by atoms with Gasteiger partial charge in [-0.15, -0.1) is 0 Å². The van der Waals surface area contributed by atoms with E-state index >= 15 is 0 Å². The molecular weight excluding hydrogens is 76.0 g/mol. The van der Waals surface area contributed by atoms with Crippen molar-refractivity contribution in [3.05, 3.63) is 0 Å². The Morgan fingerprint density at radius 2 is 2.00 bits per heavy atom. The average Bonchev–Trinajstić information content (AvgIpc) is 1.38. The first-order valence-electron chi connectivity index (χ1n) is 0.814. The Morgan fingerprint density at radius 1 is 1.80 bits per heavy atom. The van der Waals surface area contributed by atoms with Crippen LogP contribution < -0.4 is 0 Å². The Balaban J connectivity index is 2.85. The zero-order valence-corrected chi connectivity index (χ0v) is 2.21. The lowest BCUT2D eigenvalue weighted by atomic mass is 11.5. The first-order valence-corrected chi connectivity index (χ1v) is 0.814. The van der Waals surface area contributed by atoms with E-state index < -0.39 is 6.16 Å². The summed E-state index contributed by atoms with van der Waals surface area (Å²) in [4.78, 5) is 11.6. The van der Waals surface area contributed by atoms with E-state index in [-0.39, 0.29) is 0 Å². The van der Waals surface area contributed by atoms with Gasteiger partial charge < -0.3 is 5.11 Å². The second-order valence-corrected chi connectivity index (χ2v) is 0.357. The summed E-state index contributed by atoms with van der Waals surface area (Å²) >= 11 is 0. The molecule has 0 aliphatic rings. The number of rotatable bonds is 0. The lowest BCUT2D eigenvalue weighted by molar-refractivity contribution is -0.194. The van der Waals surface area contributed by atoms with Crippen LogP contribution in [-0.2, 0) is 4.89 Å². The third kappa shape index (κ3) is 3.23. The van der Waals surface area contributed by atoms with Gasteiger partial charge in [0.05, 0.1) is 0 Å². The predicted octanol–water partition coefficient (Wildman–Crippen LogP) is 0.154. The highest BCUT2D eigenvalue weighted by molar-refractivity contribution is 5.55. The topological polar surface area (TPSA) is 66.8 Å². The summed E-state index contributed by atoms with van der Waals surface area (Å²) in [6, 6.07) is 0. The van der Waals surface area contributed by atoms with Gasteiger partial charge in [-0.1, -0.05) is 0 Å². The van der Waals surface area contributed by atoms with Crippen LogP contribution in [0.15, 0.2) is 0 Å². The zero-order valence-electron chi connectivity index (χ0n) is 2.21. The Morgan fingerprint density at radius 3 is 2.00 bits per heavy atom. The maximum atomic E-state index is 8.90. The van der Waals surface area contributed by atoms with Gasteiger partial charge in [-0.25, -0.2) is 4.79 Å². The van der Waals surface area contributed by atoms with E-state index in [9.17, 15) is 0 Å². The zero-order chi connectivity index (χ0) is 4.28. The highest BCUT2D eigenvalue weighted by Crippen LogP contribution is 1.59. The van der Waals surface area contributed by atoms with Gasteiger partial charge in [0.25, 0.3) is 0 Å². The highest BCUT2D eigenvalue weighted by atomic mass is 17.1. The van der Waals surface area contributed by atoms with Gasteiger partial charge >= 0.3 is 6.16 Å². The maximum absolute atomic E-state index is 8.90. The van der Waals surface area contributed by atoms with Crippen molar-refractivity contribution in [2.75, 3.05) is 0 Å². The minimum Gasteiger partial charge on any atom is -0.448 e. The SMILES string of the molecule is O=C(O)OO. The Bertz CT molecular complexity index is 38.9. The fourth-order valence-electron chi connectivity index (χ4n) is 0. The average molecular weight is 78.0 g/mol. The molecule has 0 aromatic carbocycles. The molecule has 0 saturated heterocycles. The monoisotopic (exact) mass is 78.0 g/mol. The number of carboxylic acid groups (broad SMARTS) is 1. The van der Waals surface area contributed by atoms with E-state index in [0.29, 0.717) is 0 Å². The molecule has 0 aliphatic carbocycles. The molecule has 0 aromatic heterocycles. The first-order chi connectivity index (χ1) is 2.27. The van der Waals surface area contributed by atoms with E-state index in [0.717, 1.165) is 0 Å². The van der Waals surface area contributed by atoms with Gasteiger partial charge in [-0.3, -0.25) is 4.89 Å². The van der Waals surface area contributed by atoms with Crippen LogP contribution in [0.4, 0.5) is 4.79 Å². The van der Waals surface area contributed by atoms with Gasteiger partial charge in [-0.05, 0) is 0 Å². The van der Waals surface area contributed by atoms with Crippen LogP contribution in [0.5, 0.6) is 0 Å². The van der Waals surface area contributed by atoms with Crippen LogP contribution in [0.1, 0.15) is 0 Å². The molecule has 4 nitrogen and oxygen atoms in total. The summed E-state index contributed by atoms with van der Waals surface area (Å²) in [6.45, 7) is 0. The minimum atomic E-state index is -1.69. The largest absolute Gasteiger partial charge is 0.537 e. The molecule has 0 bridgehead atoms. The molecule has 0 rings (SSSR count). The fourth-order valence-corrected chi connectivity index (χ4v) is 0. The fraction of sp³-hybridized carbons (Fsp3) is 0. The molecule has 0 saturated carbocycles. The predicted molar refractivity (Wildman–Crippen MR) is 11.7 cm³/mol. The molecule has 30 valence electrons. The Labute approximate surface area is 27.5 Å². The molecule has 4 heteroatoms. The molecule has 0 aromatic rings. The van der Waals surface area contributed by atoms with Crippen molar-refractivity contribution in [3.8, 4) is 0 Å². The molecule has 0 heterocycles. The summed E-state index contributed by atoms with van der Waals surface area (Å²) in [7, 11) is 0. The molecule has 0 atom stereocenters. The molecule has 0 amide bonds. The lowest BCUT2D eigenvalue weighted by Gasteiger charge is -1.75. The summed E-state index contributed by atoms with van der Waals surface area (Å²) in [5, 5.41) is 14.3. The van der Waals surface area contributed by atoms with Crippen LogP contribution in [0.3, 0.4) is 0 Å². The van der Waals surface area contributed by atoms with Crippen molar-refractivity contribution in [3.63, 3.8) is 0 Å². The van der Waals surface area contributed by atoms with Crippen LogP contribution in [-0.4, -0.2) is 16.5 Å². The van der Waals surface area contributed by atoms with Gasteiger partial charge in [0, 0.05) is 0 Å². The van der Waals surface area contributed by atoms with Gasteiger partial charge in [0.2, 0.25) is 0 Å². The molecular formula is CH2O4. The van der Waals surface area contributed by atoms with Gasteiger partial charge in [0.1, 0.15) is 0 Å². The third-order valence-corrected chi connectivity index (χ3v) is 0.0781. The number of hydrogen-bond acceptors (Lipinski definition) is 3. The third-order valence-electron chi connectivity index (χ3n) is 0.0781. The van der Waals surface area contributed by atoms with Gasteiger partial charge in [0.15, 0.2) is 0 Å². The van der Waals surface area contributed by atoms with E-state index in [2.05, 4.69) is 4.89 Å². The Hall–Kier alpha value is -0.770. The van der Waals surface area contributed by atoms with Crippen molar-refractivity contribution in [2.45, 2.75) is 0 Å². The molecule has 0 spiro atoms. The van der Waals surface area contributed by atoms with E-state index in [1.807, 2.05) is 0 Å². The van der Waals surface area contributed by atoms with Crippen LogP contribution in [0, 0.1) is 0 Å². The highest BCUT2D eigenvalue weighted by Gasteiger charge is 1.84. The van der Waals surface area contributed by atoms with Crippen LogP contribution in [0.2, 0.25) is 0 Å². The van der Waals surface area contributed by atoms with Crippen molar-refractivity contribution < 1.29 is 20.0 Å². The summed E-state index contributed by atoms with van der Waals surface area (Å²) < 4.78 is 0. The maximum Gasteiger partial charge on any atom is 0.537 e. The molecule has 0 radical (unpaired) electrons. The molecule has 2 N–H and O–H groups in total. The molecule has 0 aliphatic heterocycles. The molecule has 0 unspecified atom stereocenters. The molecule has 0 fully saturated rings. The van der Waals surface area contributed by atoms with Crippen molar-refractivity contribution in [1.82, 2.24) is 0 Å². The summed E-state index contributed by atoms with van der Waals surface area (Å²) in [5.41, 5.74) is 0. The molecule has 5 heavy (non-hydrogen) atoms. The second kappa shape index (κ2) is 1.54. The van der Waals surface area contributed by atoms with E-state index in [1.54, 1.807) is 0 Å². The lowest BCUT2D eigenvalue weighted by Crippen LogP contribution is -1.91. The quantitative estimate of drug-likeness (QED) is 0.319. The van der Waals surface area contributed by atoms with Crippen LogP contribution in [0.25, 0.3) is 0 Å². The first kappa shape index (κ1) is 4.23. The Kier molecular flexibility index (Phi) is 1.30. The standard InChI is InChI=1S/CH2O4/c2-1(3)5-4/h4H,(H,2,3).